The Morgan fingerprint density at radius 3 is 2.19 bits per heavy atom. The third-order valence-electron chi connectivity index (χ3n) is 6.24. The van der Waals surface area contributed by atoms with E-state index in [0.29, 0.717) is 18.3 Å². The second-order valence-electron chi connectivity index (χ2n) is 8.46. The van der Waals surface area contributed by atoms with E-state index in [1.54, 1.807) is 0 Å². The van der Waals surface area contributed by atoms with E-state index >= 15 is 0 Å². The van der Waals surface area contributed by atoms with Gasteiger partial charge in [0, 0.05) is 12.9 Å². The van der Waals surface area contributed by atoms with Crippen LogP contribution in [0.2, 0.25) is 0 Å². The molecular formula is C24H29NO5S. The maximum atomic E-state index is 12.1. The fourth-order valence-electron chi connectivity index (χ4n) is 3.57. The average molecular weight is 444 g/mol. The van der Waals surface area contributed by atoms with Gasteiger partial charge in [0.2, 0.25) is 0 Å². The van der Waals surface area contributed by atoms with Gasteiger partial charge in [0.1, 0.15) is 4.75 Å². The lowest BCUT2D eigenvalue weighted by atomic mass is 9.97. The summed E-state index contributed by atoms with van der Waals surface area (Å²) in [5, 5.41) is 18.0. The SMILES string of the molecule is CC(CCc1ccc(-c2ccc(C=CC3C[C@@H]3CO)cc2)cc1)(C(=O)NO)S(C)(=O)=O. The molecule has 1 fully saturated rings. The predicted molar refractivity (Wildman–Crippen MR) is 121 cm³/mol. The molecule has 1 aliphatic rings. The molecule has 0 saturated heterocycles. The number of benzene rings is 2. The smallest absolute Gasteiger partial charge is 0.264 e. The fourth-order valence-corrected chi connectivity index (χ4v) is 4.43. The molecule has 3 atom stereocenters. The van der Waals surface area contributed by atoms with Gasteiger partial charge in [-0.15, -0.1) is 0 Å². The molecule has 1 aliphatic carbocycles. The molecule has 2 aromatic rings. The molecule has 0 heterocycles. The molecule has 7 heteroatoms. The minimum atomic E-state index is -3.70. The summed E-state index contributed by atoms with van der Waals surface area (Å²) in [4.78, 5) is 11.9. The molecule has 6 nitrogen and oxygen atoms in total. The molecule has 31 heavy (non-hydrogen) atoms. The number of nitrogens with one attached hydrogen (secondary N) is 1. The van der Waals surface area contributed by atoms with Gasteiger partial charge in [0.05, 0.1) is 0 Å². The molecule has 0 bridgehead atoms. The third-order valence-corrected chi connectivity index (χ3v) is 8.26. The lowest BCUT2D eigenvalue weighted by Gasteiger charge is -2.25. The van der Waals surface area contributed by atoms with Gasteiger partial charge in [-0.3, -0.25) is 10.0 Å². The number of carbonyl (C=O) groups excluding carboxylic acids is 1. The molecule has 1 saturated carbocycles. The van der Waals surface area contributed by atoms with E-state index in [1.807, 2.05) is 24.3 Å². The van der Waals surface area contributed by atoms with Crippen molar-refractivity contribution < 1.29 is 23.5 Å². The fraction of sp³-hybridized carbons (Fsp3) is 0.375. The van der Waals surface area contributed by atoms with Crippen LogP contribution in [0.1, 0.15) is 30.9 Å². The highest BCUT2D eigenvalue weighted by Gasteiger charge is 2.43. The van der Waals surface area contributed by atoms with Gasteiger partial charge in [0.25, 0.3) is 5.91 Å². The Bertz CT molecular complexity index is 1040. The van der Waals surface area contributed by atoms with Crippen molar-refractivity contribution in [3.05, 3.63) is 65.7 Å². The Kier molecular flexibility index (Phi) is 6.99. The van der Waals surface area contributed by atoms with Crippen LogP contribution in [-0.4, -0.2) is 42.2 Å². The lowest BCUT2D eigenvalue weighted by molar-refractivity contribution is -0.131. The van der Waals surface area contributed by atoms with Crippen LogP contribution in [0.5, 0.6) is 0 Å². The van der Waals surface area contributed by atoms with Crippen LogP contribution in [0.15, 0.2) is 54.6 Å². The van der Waals surface area contributed by atoms with Gasteiger partial charge in [-0.25, -0.2) is 13.9 Å². The van der Waals surface area contributed by atoms with E-state index in [-0.39, 0.29) is 13.0 Å². The van der Waals surface area contributed by atoms with E-state index < -0.39 is 20.5 Å². The molecule has 0 aliphatic heterocycles. The average Bonchev–Trinajstić information content (AvgIpc) is 3.54. The molecule has 1 amide bonds. The predicted octanol–water partition coefficient (Wildman–Crippen LogP) is 3.24. The van der Waals surface area contributed by atoms with Crippen LogP contribution >= 0.6 is 0 Å². The number of hydrogen-bond donors (Lipinski definition) is 3. The van der Waals surface area contributed by atoms with Crippen molar-refractivity contribution in [2.24, 2.45) is 11.8 Å². The van der Waals surface area contributed by atoms with E-state index in [0.717, 1.165) is 34.9 Å². The van der Waals surface area contributed by atoms with Crippen LogP contribution in [0, 0.1) is 11.8 Å². The molecule has 0 radical (unpaired) electrons. The van der Waals surface area contributed by atoms with Gasteiger partial charge >= 0.3 is 0 Å². The highest BCUT2D eigenvalue weighted by Crippen LogP contribution is 2.39. The summed E-state index contributed by atoms with van der Waals surface area (Å²) in [6.07, 6.45) is 6.76. The number of sulfone groups is 1. The molecule has 2 unspecified atom stereocenters. The van der Waals surface area contributed by atoms with Crippen LogP contribution in [0.3, 0.4) is 0 Å². The number of allylic oxidation sites excluding steroid dienone is 1. The Balaban J connectivity index is 1.64. The molecule has 3 rings (SSSR count). The van der Waals surface area contributed by atoms with Crippen LogP contribution in [0.25, 0.3) is 17.2 Å². The van der Waals surface area contributed by atoms with Crippen molar-refractivity contribution in [2.45, 2.75) is 30.9 Å². The quantitative estimate of drug-likeness (QED) is 0.408. The zero-order chi connectivity index (χ0) is 22.6. The second kappa shape index (κ2) is 9.34. The minimum Gasteiger partial charge on any atom is -0.396 e. The largest absolute Gasteiger partial charge is 0.396 e. The topological polar surface area (TPSA) is 104 Å². The number of hydrogen-bond acceptors (Lipinski definition) is 5. The minimum absolute atomic E-state index is 0.0662. The highest BCUT2D eigenvalue weighted by molar-refractivity contribution is 7.92. The normalized spacial score (nSPS) is 20.4. The first-order valence-corrected chi connectivity index (χ1v) is 12.2. The number of rotatable bonds is 9. The van der Waals surface area contributed by atoms with Gasteiger partial charge in [-0.1, -0.05) is 60.7 Å². The number of aliphatic hydroxyl groups is 1. The Labute approximate surface area is 183 Å². The monoisotopic (exact) mass is 443 g/mol. The number of aliphatic hydroxyl groups excluding tert-OH is 1. The third kappa shape index (κ3) is 5.42. The Hall–Kier alpha value is -2.48. The maximum Gasteiger partial charge on any atom is 0.264 e. The van der Waals surface area contributed by atoms with E-state index in [9.17, 15) is 13.2 Å². The zero-order valence-corrected chi connectivity index (χ0v) is 18.6. The van der Waals surface area contributed by atoms with Crippen molar-refractivity contribution >= 4 is 21.8 Å². The number of carbonyl (C=O) groups is 1. The van der Waals surface area contributed by atoms with Crippen molar-refractivity contribution in [1.82, 2.24) is 5.48 Å². The maximum absolute atomic E-state index is 12.1. The van der Waals surface area contributed by atoms with Crippen LogP contribution in [0.4, 0.5) is 0 Å². The number of hydroxylamine groups is 1. The Morgan fingerprint density at radius 2 is 1.71 bits per heavy atom. The van der Waals surface area contributed by atoms with Crippen molar-refractivity contribution in [3.8, 4) is 11.1 Å². The van der Waals surface area contributed by atoms with Gasteiger partial charge in [0.15, 0.2) is 9.84 Å². The summed E-state index contributed by atoms with van der Waals surface area (Å²) in [7, 11) is -3.70. The summed E-state index contributed by atoms with van der Waals surface area (Å²) in [5.74, 6) is -0.0121. The van der Waals surface area contributed by atoms with Crippen LogP contribution in [-0.2, 0) is 21.1 Å². The summed E-state index contributed by atoms with van der Waals surface area (Å²) >= 11 is 0. The van der Waals surface area contributed by atoms with Gasteiger partial charge in [-0.2, -0.15) is 0 Å². The molecule has 2 aromatic carbocycles. The first kappa shape index (κ1) is 23.2. The highest BCUT2D eigenvalue weighted by atomic mass is 32.2. The first-order chi connectivity index (χ1) is 14.7. The van der Waals surface area contributed by atoms with E-state index in [1.165, 1.54) is 12.4 Å². The van der Waals surface area contributed by atoms with Crippen molar-refractivity contribution in [3.63, 3.8) is 0 Å². The summed E-state index contributed by atoms with van der Waals surface area (Å²) in [5.41, 5.74) is 5.61. The van der Waals surface area contributed by atoms with E-state index in [2.05, 4.69) is 36.4 Å². The Morgan fingerprint density at radius 1 is 1.13 bits per heavy atom. The number of aryl methyl sites for hydroxylation is 1. The first-order valence-electron chi connectivity index (χ1n) is 10.3. The second-order valence-corrected chi connectivity index (χ2v) is 10.9. The summed E-state index contributed by atoms with van der Waals surface area (Å²) < 4.78 is 22.5. The van der Waals surface area contributed by atoms with Crippen LogP contribution < -0.4 is 5.48 Å². The van der Waals surface area contributed by atoms with Crippen molar-refractivity contribution in [2.75, 3.05) is 12.9 Å². The van der Waals surface area contributed by atoms with E-state index in [4.69, 9.17) is 10.3 Å². The molecule has 166 valence electrons. The van der Waals surface area contributed by atoms with Crippen molar-refractivity contribution in [1.29, 1.82) is 0 Å². The molecule has 3 N–H and O–H groups in total. The molecule has 0 spiro atoms. The lowest BCUT2D eigenvalue weighted by Crippen LogP contribution is -2.49. The van der Waals surface area contributed by atoms with Gasteiger partial charge in [-0.05, 0) is 60.3 Å². The van der Waals surface area contributed by atoms with Gasteiger partial charge < -0.3 is 5.11 Å². The zero-order valence-electron chi connectivity index (χ0n) is 17.8. The summed E-state index contributed by atoms with van der Waals surface area (Å²) in [6.45, 7) is 1.58. The summed E-state index contributed by atoms with van der Waals surface area (Å²) in [6, 6.07) is 16.0. The number of amides is 1. The molecular weight excluding hydrogens is 414 g/mol. The standard InChI is InChI=1S/C24H29NO5S/c1-24(23(27)25-28,31(2,29)30)14-13-18-5-10-20(11-6-18)19-8-3-17(4-9-19)7-12-21-15-22(21)16-26/h3-12,21-22,26,28H,13-16H2,1-2H3,(H,25,27)/t21?,22-,24?/m1/s1. The molecule has 0 aromatic heterocycles.